The molecule has 194 valence electrons. The molecule has 3 rings (SSSR count). The minimum absolute atomic E-state index is 0.299. The van der Waals surface area contributed by atoms with Crippen LogP contribution in [0.1, 0.15) is 62.2 Å². The number of fused-ring (bicyclic) bond motifs is 1. The Morgan fingerprint density at radius 2 is 1.61 bits per heavy atom. The molecule has 0 bridgehead atoms. The second-order valence-electron chi connectivity index (χ2n) is 8.60. The van der Waals surface area contributed by atoms with Crippen LogP contribution in [0.25, 0.3) is 16.6 Å². The number of halogens is 1. The molecule has 1 heterocycles. The molecule has 3 aromatic rings. The van der Waals surface area contributed by atoms with Crippen LogP contribution in [0.15, 0.2) is 47.4 Å². The van der Waals surface area contributed by atoms with Crippen LogP contribution in [0.4, 0.5) is 0 Å². The molecule has 0 saturated carbocycles. The Balaban J connectivity index is 1.93. The van der Waals surface area contributed by atoms with Crippen LogP contribution in [0, 0.1) is 0 Å². The predicted octanol–water partition coefficient (Wildman–Crippen LogP) is 6.60. The molecule has 0 unspecified atom stereocenters. The second-order valence-corrected chi connectivity index (χ2v) is 9.39. The highest BCUT2D eigenvalue weighted by Gasteiger charge is 2.17. The van der Waals surface area contributed by atoms with Crippen molar-refractivity contribution in [2.45, 2.75) is 51.9 Å². The summed E-state index contributed by atoms with van der Waals surface area (Å²) >= 11 is 3.46. The number of aromatic carboxylic acids is 1. The van der Waals surface area contributed by atoms with Crippen molar-refractivity contribution in [2.24, 2.45) is 0 Å². The first-order valence-electron chi connectivity index (χ1n) is 12.4. The molecule has 1 N–H and O–H groups in total. The number of ether oxygens (including phenoxy) is 3. The molecule has 0 aliphatic carbocycles. The Kier molecular flexibility index (Phi) is 10.7. The number of pyridine rings is 1. The maximum Gasteiger partial charge on any atom is 0.341 e. The number of benzene rings is 2. The first kappa shape index (κ1) is 27.6. The topological polar surface area (TPSA) is 87.0 Å². The van der Waals surface area contributed by atoms with E-state index >= 15 is 0 Å². The van der Waals surface area contributed by atoms with E-state index in [0.29, 0.717) is 47.1 Å². The Bertz CT molecular complexity index is 1220. The smallest absolute Gasteiger partial charge is 0.341 e. The number of carboxylic acids is 1. The fourth-order valence-corrected chi connectivity index (χ4v) is 4.37. The number of nitrogens with zero attached hydrogens (tertiary/aromatic N) is 1. The van der Waals surface area contributed by atoms with Crippen molar-refractivity contribution in [1.29, 1.82) is 0 Å². The van der Waals surface area contributed by atoms with Crippen molar-refractivity contribution in [1.82, 2.24) is 4.57 Å². The number of carbonyl (C=O) groups is 1. The van der Waals surface area contributed by atoms with Gasteiger partial charge in [0.2, 0.25) is 5.43 Å². The normalized spacial score (nSPS) is 11.0. The molecule has 0 amide bonds. The first-order valence-corrected chi connectivity index (χ1v) is 13.5. The summed E-state index contributed by atoms with van der Waals surface area (Å²) in [4.78, 5) is 24.8. The Morgan fingerprint density at radius 3 is 2.31 bits per heavy atom. The van der Waals surface area contributed by atoms with Gasteiger partial charge in [-0.3, -0.25) is 4.79 Å². The molecule has 1 aromatic heterocycles. The van der Waals surface area contributed by atoms with Gasteiger partial charge in [-0.05, 0) is 31.4 Å². The third kappa shape index (κ3) is 7.26. The third-order valence-corrected chi connectivity index (χ3v) is 6.42. The van der Waals surface area contributed by atoms with E-state index in [2.05, 4.69) is 15.9 Å². The quantitative estimate of drug-likeness (QED) is 0.167. The second kappa shape index (κ2) is 13.9. The van der Waals surface area contributed by atoms with Gasteiger partial charge in [-0.1, -0.05) is 48.5 Å². The van der Waals surface area contributed by atoms with Crippen LogP contribution in [0.3, 0.4) is 0 Å². The van der Waals surface area contributed by atoms with E-state index in [4.69, 9.17) is 14.2 Å². The molecule has 0 aliphatic rings. The van der Waals surface area contributed by atoms with E-state index in [1.165, 1.54) is 31.9 Å². The van der Waals surface area contributed by atoms with Gasteiger partial charge in [0.1, 0.15) is 22.8 Å². The summed E-state index contributed by atoms with van der Waals surface area (Å²) in [5.74, 6) is 0.505. The van der Waals surface area contributed by atoms with Gasteiger partial charge in [0.25, 0.3) is 0 Å². The molecular weight excluding hydrogens is 526 g/mol. The molecule has 2 aromatic carbocycles. The molecule has 36 heavy (non-hydrogen) atoms. The first-order chi connectivity index (χ1) is 17.5. The lowest BCUT2D eigenvalue weighted by Crippen LogP contribution is -2.18. The largest absolute Gasteiger partial charge is 0.497 e. The van der Waals surface area contributed by atoms with E-state index < -0.39 is 11.4 Å². The molecule has 0 fully saturated rings. The molecule has 0 spiro atoms. The van der Waals surface area contributed by atoms with Crippen LogP contribution >= 0.6 is 15.9 Å². The van der Waals surface area contributed by atoms with Gasteiger partial charge < -0.3 is 23.9 Å². The van der Waals surface area contributed by atoms with Crippen LogP contribution < -0.4 is 19.6 Å². The van der Waals surface area contributed by atoms with Gasteiger partial charge in [-0.15, -0.1) is 0 Å². The van der Waals surface area contributed by atoms with E-state index in [9.17, 15) is 14.7 Å². The zero-order valence-corrected chi connectivity index (χ0v) is 22.5. The predicted molar refractivity (Wildman–Crippen MR) is 146 cm³/mol. The number of aromatic nitrogens is 1. The van der Waals surface area contributed by atoms with Gasteiger partial charge in [0.15, 0.2) is 0 Å². The summed E-state index contributed by atoms with van der Waals surface area (Å²) in [6.07, 6.45) is 9.10. The molecule has 0 aliphatic heterocycles. The van der Waals surface area contributed by atoms with Crippen LogP contribution in [-0.2, 0) is 0 Å². The summed E-state index contributed by atoms with van der Waals surface area (Å²) in [5.41, 5.74) is 0.324. The van der Waals surface area contributed by atoms with Crippen molar-refractivity contribution in [3.63, 3.8) is 0 Å². The van der Waals surface area contributed by atoms with Crippen molar-refractivity contribution in [3.8, 4) is 22.9 Å². The summed E-state index contributed by atoms with van der Waals surface area (Å²) < 4.78 is 18.9. The van der Waals surface area contributed by atoms with Gasteiger partial charge >= 0.3 is 5.97 Å². The SMILES string of the molecule is CCCOc1cc(OC)cc(-n2cc(C(=O)O)c(=O)c3ccc(OCCCCCCCCBr)cc32)c1. The van der Waals surface area contributed by atoms with Crippen LogP contribution in [0.2, 0.25) is 0 Å². The highest BCUT2D eigenvalue weighted by Crippen LogP contribution is 2.29. The number of rotatable bonds is 15. The maximum absolute atomic E-state index is 12.9. The van der Waals surface area contributed by atoms with E-state index in [1.54, 1.807) is 48.1 Å². The van der Waals surface area contributed by atoms with E-state index in [0.717, 1.165) is 24.6 Å². The number of hydrogen-bond acceptors (Lipinski definition) is 5. The fraction of sp³-hybridized carbons (Fsp3) is 0.429. The summed E-state index contributed by atoms with van der Waals surface area (Å²) in [7, 11) is 1.56. The molecule has 7 nitrogen and oxygen atoms in total. The Labute approximate surface area is 220 Å². The van der Waals surface area contributed by atoms with Crippen molar-refractivity contribution >= 4 is 32.8 Å². The maximum atomic E-state index is 12.9. The fourth-order valence-electron chi connectivity index (χ4n) is 3.97. The van der Waals surface area contributed by atoms with E-state index in [1.807, 2.05) is 6.92 Å². The number of alkyl halides is 1. The average Bonchev–Trinajstić information content (AvgIpc) is 2.88. The Hall–Kier alpha value is -3.00. The lowest BCUT2D eigenvalue weighted by molar-refractivity contribution is 0.0695. The molecule has 0 radical (unpaired) electrons. The summed E-state index contributed by atoms with van der Waals surface area (Å²) in [5, 5.41) is 11.0. The van der Waals surface area contributed by atoms with Crippen LogP contribution in [-0.4, -0.2) is 41.3 Å². The van der Waals surface area contributed by atoms with Crippen molar-refractivity contribution in [2.75, 3.05) is 25.7 Å². The van der Waals surface area contributed by atoms with Gasteiger partial charge in [0.05, 0.1) is 31.5 Å². The zero-order valence-electron chi connectivity index (χ0n) is 20.9. The average molecular weight is 560 g/mol. The number of unbranched alkanes of at least 4 members (excludes halogenated alkanes) is 5. The minimum atomic E-state index is -1.28. The molecule has 0 saturated heterocycles. The highest BCUT2D eigenvalue weighted by atomic mass is 79.9. The molecular formula is C28H34BrNO6. The lowest BCUT2D eigenvalue weighted by atomic mass is 10.1. The van der Waals surface area contributed by atoms with E-state index in [-0.39, 0.29) is 5.56 Å². The highest BCUT2D eigenvalue weighted by molar-refractivity contribution is 9.09. The minimum Gasteiger partial charge on any atom is -0.497 e. The standard InChI is InChI=1S/C28H34BrNO6/c1-3-13-35-23-16-20(15-22(17-23)34-2)30-19-25(28(32)33)27(31)24-11-10-21(18-26(24)30)36-14-9-7-5-4-6-8-12-29/h10-11,15-19H,3-9,12-14H2,1-2H3,(H,32,33). The number of carboxylic acid groups (broad SMARTS) is 1. The monoisotopic (exact) mass is 559 g/mol. The zero-order chi connectivity index (χ0) is 25.9. The van der Waals surface area contributed by atoms with Gasteiger partial charge in [-0.2, -0.15) is 0 Å². The number of hydrogen-bond donors (Lipinski definition) is 1. The van der Waals surface area contributed by atoms with Gasteiger partial charge in [0, 0.05) is 41.2 Å². The lowest BCUT2D eigenvalue weighted by Gasteiger charge is -2.16. The molecule has 8 heteroatoms. The summed E-state index contributed by atoms with van der Waals surface area (Å²) in [6.45, 7) is 3.13. The summed E-state index contributed by atoms with van der Waals surface area (Å²) in [6, 6.07) is 10.5. The third-order valence-electron chi connectivity index (χ3n) is 5.85. The molecule has 0 atom stereocenters. The van der Waals surface area contributed by atoms with Crippen molar-refractivity contribution in [3.05, 3.63) is 58.4 Å². The Morgan fingerprint density at radius 1 is 0.917 bits per heavy atom. The van der Waals surface area contributed by atoms with Crippen LogP contribution in [0.5, 0.6) is 17.2 Å². The number of methoxy groups -OCH3 is 1. The van der Waals surface area contributed by atoms with Gasteiger partial charge in [-0.25, -0.2) is 4.79 Å². The van der Waals surface area contributed by atoms with Crippen molar-refractivity contribution < 1.29 is 24.1 Å².